The number of carbonyl (C=O) groups excluding carboxylic acids is 2. The number of primary amides is 1. The van der Waals surface area contributed by atoms with Crippen molar-refractivity contribution in [3.63, 3.8) is 0 Å². The summed E-state index contributed by atoms with van der Waals surface area (Å²) >= 11 is 0. The number of halogens is 2. The Morgan fingerprint density at radius 2 is 1.64 bits per heavy atom. The van der Waals surface area contributed by atoms with Gasteiger partial charge in [0.05, 0.1) is 11.1 Å². The largest absolute Gasteiger partial charge is 0.453 e. The van der Waals surface area contributed by atoms with E-state index in [1.165, 1.54) is 47.5 Å². The first-order valence-electron chi connectivity index (χ1n) is 12.1. The second kappa shape index (κ2) is 9.32. The van der Waals surface area contributed by atoms with E-state index in [2.05, 4.69) is 15.2 Å². The first-order chi connectivity index (χ1) is 18.9. The molecule has 0 radical (unpaired) electrons. The van der Waals surface area contributed by atoms with Gasteiger partial charge in [0.15, 0.2) is 17.2 Å². The quantitative estimate of drug-likeness (QED) is 0.268. The average Bonchev–Trinajstić information content (AvgIpc) is 3.65. The van der Waals surface area contributed by atoms with Crippen LogP contribution in [0.1, 0.15) is 12.8 Å². The maximum atomic E-state index is 15.5. The highest BCUT2D eigenvalue weighted by Crippen LogP contribution is 2.49. The van der Waals surface area contributed by atoms with Crippen molar-refractivity contribution in [2.24, 2.45) is 11.1 Å². The Kier molecular flexibility index (Phi) is 5.79. The van der Waals surface area contributed by atoms with Gasteiger partial charge in [-0.1, -0.05) is 30.3 Å². The number of anilines is 2. The smallest absolute Gasteiger partial charge is 0.247 e. The third kappa shape index (κ3) is 4.25. The van der Waals surface area contributed by atoms with Crippen LogP contribution in [0.3, 0.4) is 0 Å². The summed E-state index contributed by atoms with van der Waals surface area (Å²) in [4.78, 5) is 31.1. The molecule has 0 atom stereocenters. The Bertz CT molecular complexity index is 1720. The van der Waals surface area contributed by atoms with E-state index in [-0.39, 0.29) is 30.0 Å². The number of nitrogens with one attached hydrogen (secondary N) is 1. The zero-order valence-corrected chi connectivity index (χ0v) is 20.4. The van der Waals surface area contributed by atoms with Crippen LogP contribution in [-0.4, -0.2) is 27.0 Å². The number of benzene rings is 3. The van der Waals surface area contributed by atoms with E-state index < -0.39 is 28.9 Å². The van der Waals surface area contributed by atoms with Gasteiger partial charge in [-0.05, 0) is 55.3 Å². The third-order valence-corrected chi connectivity index (χ3v) is 6.78. The molecule has 10 heteroatoms. The molecule has 0 bridgehead atoms. The van der Waals surface area contributed by atoms with Gasteiger partial charge < -0.3 is 10.5 Å². The van der Waals surface area contributed by atoms with Gasteiger partial charge in [-0.15, -0.1) is 0 Å². The lowest BCUT2D eigenvalue weighted by molar-refractivity contribution is -0.133. The highest BCUT2D eigenvalue weighted by molar-refractivity contribution is 6.16. The molecule has 3 aromatic carbocycles. The van der Waals surface area contributed by atoms with Crippen molar-refractivity contribution in [3.8, 4) is 22.8 Å². The van der Waals surface area contributed by atoms with Crippen LogP contribution in [-0.2, 0) is 9.59 Å². The van der Waals surface area contributed by atoms with Crippen LogP contribution in [0.15, 0.2) is 85.1 Å². The lowest BCUT2D eigenvalue weighted by Gasteiger charge is -2.26. The van der Waals surface area contributed by atoms with Gasteiger partial charge in [0, 0.05) is 23.5 Å². The number of aromatic nitrogens is 3. The Hall–Kier alpha value is -5.12. The van der Waals surface area contributed by atoms with E-state index in [0.717, 1.165) is 11.6 Å². The molecule has 1 fully saturated rings. The van der Waals surface area contributed by atoms with Crippen molar-refractivity contribution < 1.29 is 23.1 Å². The van der Waals surface area contributed by atoms with Crippen LogP contribution in [0.5, 0.6) is 11.5 Å². The van der Waals surface area contributed by atoms with Gasteiger partial charge in [0.25, 0.3) is 0 Å². The molecular formula is C29H21F2N5O3. The molecule has 1 saturated carbocycles. The molecule has 2 heterocycles. The zero-order valence-electron chi connectivity index (χ0n) is 20.4. The number of aromatic amines is 1. The molecule has 3 N–H and O–H groups in total. The molecule has 8 nitrogen and oxygen atoms in total. The summed E-state index contributed by atoms with van der Waals surface area (Å²) in [5, 5.41) is 7.81. The normalized spacial score (nSPS) is 13.7. The van der Waals surface area contributed by atoms with Gasteiger partial charge in [0.2, 0.25) is 11.8 Å². The number of hydrogen-bond acceptors (Lipinski definition) is 5. The minimum Gasteiger partial charge on any atom is -0.453 e. The fourth-order valence-electron chi connectivity index (χ4n) is 4.52. The fourth-order valence-corrected chi connectivity index (χ4v) is 4.52. The monoisotopic (exact) mass is 525 g/mol. The van der Waals surface area contributed by atoms with Crippen LogP contribution < -0.4 is 15.4 Å². The maximum Gasteiger partial charge on any atom is 0.247 e. The van der Waals surface area contributed by atoms with E-state index in [1.54, 1.807) is 6.07 Å². The minimum atomic E-state index is -1.38. The Labute approximate surface area is 221 Å². The summed E-state index contributed by atoms with van der Waals surface area (Å²) in [5.41, 5.74) is 6.45. The van der Waals surface area contributed by atoms with Crippen molar-refractivity contribution in [2.75, 3.05) is 4.90 Å². The summed E-state index contributed by atoms with van der Waals surface area (Å²) in [6.45, 7) is 0. The third-order valence-electron chi connectivity index (χ3n) is 6.78. The molecule has 0 aliphatic heterocycles. The van der Waals surface area contributed by atoms with Crippen LogP contribution >= 0.6 is 0 Å². The van der Waals surface area contributed by atoms with E-state index in [4.69, 9.17) is 10.5 Å². The number of hydrogen-bond donors (Lipinski definition) is 2. The van der Waals surface area contributed by atoms with Crippen molar-refractivity contribution >= 4 is 34.2 Å². The van der Waals surface area contributed by atoms with Crippen LogP contribution in [0.25, 0.3) is 22.3 Å². The van der Waals surface area contributed by atoms with Gasteiger partial charge in [-0.2, -0.15) is 5.10 Å². The topological polar surface area (TPSA) is 114 Å². The number of fused-ring (bicyclic) bond motifs is 1. The number of nitrogens with zero attached hydrogens (tertiary/aromatic N) is 3. The number of nitrogens with two attached hydrogens (primary N) is 1. The summed E-state index contributed by atoms with van der Waals surface area (Å²) in [6, 6.07) is 20.1. The number of rotatable bonds is 7. The molecule has 6 rings (SSSR count). The maximum absolute atomic E-state index is 15.5. The van der Waals surface area contributed by atoms with E-state index in [9.17, 15) is 14.0 Å². The van der Waals surface area contributed by atoms with Crippen molar-refractivity contribution in [1.29, 1.82) is 0 Å². The Morgan fingerprint density at radius 3 is 2.31 bits per heavy atom. The molecule has 194 valence electrons. The predicted octanol–water partition coefficient (Wildman–Crippen LogP) is 5.63. The first-order valence-corrected chi connectivity index (χ1v) is 12.1. The lowest BCUT2D eigenvalue weighted by atomic mass is 10.0. The number of pyridine rings is 1. The summed E-state index contributed by atoms with van der Waals surface area (Å²) < 4.78 is 35.1. The molecular weight excluding hydrogens is 504 g/mol. The number of amides is 2. The molecule has 2 amide bonds. The standard InChI is InChI=1S/C29H21F2N5O3/c30-18-6-8-19(9-7-18)36(28(38)29(13-14-29)27(32)37)20-10-11-22(21(31)16-20)39-23-12-15-33-26-24(23)25(34-35-26)17-4-2-1-3-5-17/h1-12,15-16H,13-14H2,(H2,32,37)(H,33,34,35). The SMILES string of the molecule is NC(=O)C1(C(=O)N(c2ccc(F)cc2)c2ccc(Oc3ccnc4[nH]nc(-c5ccccc5)c34)c(F)c2)CC1. The summed E-state index contributed by atoms with van der Waals surface area (Å²) in [5.74, 6) is -2.39. The van der Waals surface area contributed by atoms with Crippen LogP contribution in [0.4, 0.5) is 20.2 Å². The number of ether oxygens (including phenoxy) is 1. The van der Waals surface area contributed by atoms with Gasteiger partial charge in [-0.3, -0.25) is 19.6 Å². The molecule has 2 aromatic heterocycles. The molecule has 0 saturated heterocycles. The summed E-state index contributed by atoms with van der Waals surface area (Å²) in [6.07, 6.45) is 2.09. The highest BCUT2D eigenvalue weighted by Gasteiger charge is 2.57. The van der Waals surface area contributed by atoms with Crippen LogP contribution in [0.2, 0.25) is 0 Å². The molecule has 39 heavy (non-hydrogen) atoms. The van der Waals surface area contributed by atoms with E-state index in [0.29, 0.717) is 22.5 Å². The Morgan fingerprint density at radius 1 is 0.923 bits per heavy atom. The van der Waals surface area contributed by atoms with Crippen molar-refractivity contribution in [2.45, 2.75) is 12.8 Å². The lowest BCUT2D eigenvalue weighted by Crippen LogP contribution is -2.41. The minimum absolute atomic E-state index is 0.103. The summed E-state index contributed by atoms with van der Waals surface area (Å²) in [7, 11) is 0. The second-order valence-electron chi connectivity index (χ2n) is 9.25. The fraction of sp³-hybridized carbons (Fsp3) is 0.103. The number of carbonyl (C=O) groups is 2. The average molecular weight is 526 g/mol. The van der Waals surface area contributed by atoms with Crippen molar-refractivity contribution in [1.82, 2.24) is 15.2 Å². The van der Waals surface area contributed by atoms with Crippen molar-refractivity contribution in [3.05, 3.63) is 96.7 Å². The van der Waals surface area contributed by atoms with Gasteiger partial charge in [0.1, 0.15) is 22.7 Å². The second-order valence-corrected chi connectivity index (χ2v) is 9.25. The molecule has 5 aromatic rings. The van der Waals surface area contributed by atoms with E-state index >= 15 is 4.39 Å². The molecule has 0 unspecified atom stereocenters. The molecule has 1 aliphatic carbocycles. The predicted molar refractivity (Wildman–Crippen MR) is 140 cm³/mol. The first kappa shape index (κ1) is 24.2. The van der Waals surface area contributed by atoms with E-state index in [1.807, 2.05) is 30.3 Å². The zero-order chi connectivity index (χ0) is 27.1. The number of H-pyrrole nitrogens is 1. The van der Waals surface area contributed by atoms with Gasteiger partial charge >= 0.3 is 0 Å². The van der Waals surface area contributed by atoms with Crippen LogP contribution in [0, 0.1) is 17.0 Å². The highest BCUT2D eigenvalue weighted by atomic mass is 19.1. The molecule has 1 aliphatic rings. The Balaban J connectivity index is 1.38. The van der Waals surface area contributed by atoms with Gasteiger partial charge in [-0.25, -0.2) is 13.8 Å². The molecule has 0 spiro atoms.